The lowest BCUT2D eigenvalue weighted by Crippen LogP contribution is -2.32. The van der Waals surface area contributed by atoms with Crippen LogP contribution in [0.3, 0.4) is 0 Å². The topological polar surface area (TPSA) is 47.3 Å². The molecule has 2 aliphatic carbocycles. The highest BCUT2D eigenvalue weighted by Crippen LogP contribution is 2.20. The zero-order chi connectivity index (χ0) is 13.3. The fourth-order valence-electron chi connectivity index (χ4n) is 3.37. The minimum absolute atomic E-state index is 0.428. The molecule has 0 bridgehead atoms. The van der Waals surface area contributed by atoms with Crippen LogP contribution in [0.15, 0.2) is 0 Å². The van der Waals surface area contributed by atoms with E-state index in [0.29, 0.717) is 12.1 Å². The van der Waals surface area contributed by atoms with Gasteiger partial charge in [-0.2, -0.15) is 0 Å². The first kappa shape index (κ1) is 15.3. The lowest BCUT2D eigenvalue weighted by molar-refractivity contribution is 0.0238. The van der Waals surface area contributed by atoms with Crippen molar-refractivity contribution in [1.82, 2.24) is 5.32 Å². The molecule has 2 rings (SSSR count). The summed E-state index contributed by atoms with van der Waals surface area (Å²) < 4.78 is 5.95. The molecule has 0 unspecified atom stereocenters. The van der Waals surface area contributed by atoms with Crippen LogP contribution in [0.5, 0.6) is 0 Å². The third-order valence-electron chi connectivity index (χ3n) is 4.68. The van der Waals surface area contributed by atoms with Gasteiger partial charge in [-0.25, -0.2) is 0 Å². The molecular formula is C16H32N2O. The monoisotopic (exact) mass is 268 g/mol. The second kappa shape index (κ2) is 8.93. The van der Waals surface area contributed by atoms with Gasteiger partial charge in [-0.15, -0.1) is 0 Å². The molecule has 19 heavy (non-hydrogen) atoms. The van der Waals surface area contributed by atoms with Gasteiger partial charge in [0.2, 0.25) is 0 Å². The summed E-state index contributed by atoms with van der Waals surface area (Å²) >= 11 is 0. The van der Waals surface area contributed by atoms with Gasteiger partial charge in [-0.05, 0) is 51.5 Å². The molecule has 2 saturated carbocycles. The van der Waals surface area contributed by atoms with Crippen LogP contribution >= 0.6 is 0 Å². The first-order valence-corrected chi connectivity index (χ1v) is 8.45. The van der Waals surface area contributed by atoms with E-state index in [9.17, 15) is 0 Å². The Labute approximate surface area is 118 Å². The van der Waals surface area contributed by atoms with Crippen molar-refractivity contribution < 1.29 is 4.74 Å². The molecule has 0 aromatic carbocycles. The zero-order valence-electron chi connectivity index (χ0n) is 12.4. The minimum Gasteiger partial charge on any atom is -0.378 e. The van der Waals surface area contributed by atoms with E-state index in [4.69, 9.17) is 10.5 Å². The Morgan fingerprint density at radius 3 is 2.26 bits per heavy atom. The third-order valence-corrected chi connectivity index (χ3v) is 4.68. The summed E-state index contributed by atoms with van der Waals surface area (Å²) in [6, 6.07) is 1.20. The third kappa shape index (κ3) is 6.24. The standard InChI is InChI=1S/C16H32N2O/c17-14-8-10-16(11-9-14)19-13-5-12-18-15-6-3-1-2-4-7-15/h14-16,18H,1-13,17H2. The lowest BCUT2D eigenvalue weighted by atomic mass is 9.94. The molecule has 0 saturated heterocycles. The zero-order valence-corrected chi connectivity index (χ0v) is 12.4. The van der Waals surface area contributed by atoms with Crippen LogP contribution < -0.4 is 11.1 Å². The summed E-state index contributed by atoms with van der Waals surface area (Å²) in [5.41, 5.74) is 5.90. The lowest BCUT2D eigenvalue weighted by Gasteiger charge is -2.26. The molecule has 0 amide bonds. The van der Waals surface area contributed by atoms with Crippen LogP contribution in [-0.2, 0) is 4.74 Å². The fourth-order valence-corrected chi connectivity index (χ4v) is 3.37. The van der Waals surface area contributed by atoms with Crippen molar-refractivity contribution >= 4 is 0 Å². The van der Waals surface area contributed by atoms with Crippen LogP contribution in [0, 0.1) is 0 Å². The van der Waals surface area contributed by atoms with E-state index in [-0.39, 0.29) is 0 Å². The highest BCUT2D eigenvalue weighted by Gasteiger charge is 2.18. The Bertz CT molecular complexity index is 219. The van der Waals surface area contributed by atoms with Crippen molar-refractivity contribution in [2.75, 3.05) is 13.2 Å². The maximum absolute atomic E-state index is 5.95. The van der Waals surface area contributed by atoms with Crippen molar-refractivity contribution in [3.05, 3.63) is 0 Å². The first-order chi connectivity index (χ1) is 9.34. The van der Waals surface area contributed by atoms with E-state index in [1.165, 1.54) is 38.5 Å². The summed E-state index contributed by atoms with van der Waals surface area (Å²) in [5, 5.41) is 3.71. The number of hydrogen-bond donors (Lipinski definition) is 2. The molecule has 0 aromatic rings. The second-order valence-electron chi connectivity index (χ2n) is 6.40. The Morgan fingerprint density at radius 1 is 0.895 bits per heavy atom. The van der Waals surface area contributed by atoms with E-state index < -0.39 is 0 Å². The number of ether oxygens (including phenoxy) is 1. The van der Waals surface area contributed by atoms with E-state index in [1.54, 1.807) is 0 Å². The molecule has 0 spiro atoms. The maximum Gasteiger partial charge on any atom is 0.0576 e. The number of rotatable bonds is 6. The van der Waals surface area contributed by atoms with E-state index in [0.717, 1.165) is 51.3 Å². The van der Waals surface area contributed by atoms with Crippen LogP contribution in [0.4, 0.5) is 0 Å². The Balaban J connectivity index is 1.45. The van der Waals surface area contributed by atoms with Gasteiger partial charge in [0.15, 0.2) is 0 Å². The molecule has 2 fully saturated rings. The van der Waals surface area contributed by atoms with Crippen molar-refractivity contribution in [2.24, 2.45) is 5.73 Å². The molecule has 2 aliphatic rings. The molecule has 3 N–H and O–H groups in total. The number of nitrogens with two attached hydrogens (primary N) is 1. The second-order valence-corrected chi connectivity index (χ2v) is 6.40. The smallest absolute Gasteiger partial charge is 0.0576 e. The van der Waals surface area contributed by atoms with E-state index in [1.807, 2.05) is 0 Å². The average molecular weight is 268 g/mol. The molecule has 0 heterocycles. The van der Waals surface area contributed by atoms with E-state index >= 15 is 0 Å². The average Bonchev–Trinajstić information content (AvgIpc) is 2.69. The predicted octanol–water partition coefficient (Wildman–Crippen LogP) is 2.98. The quantitative estimate of drug-likeness (QED) is 0.575. The molecule has 0 aromatic heterocycles. The Hall–Kier alpha value is -0.120. The number of hydrogen-bond acceptors (Lipinski definition) is 3. The molecule has 0 atom stereocenters. The van der Waals surface area contributed by atoms with Crippen molar-refractivity contribution in [1.29, 1.82) is 0 Å². The molecule has 3 nitrogen and oxygen atoms in total. The van der Waals surface area contributed by atoms with Gasteiger partial charge in [0.05, 0.1) is 6.10 Å². The molecule has 3 heteroatoms. The van der Waals surface area contributed by atoms with Gasteiger partial charge in [0.1, 0.15) is 0 Å². The van der Waals surface area contributed by atoms with E-state index in [2.05, 4.69) is 5.32 Å². The van der Waals surface area contributed by atoms with Crippen LogP contribution in [-0.4, -0.2) is 31.3 Å². The largest absolute Gasteiger partial charge is 0.378 e. The summed E-state index contributed by atoms with van der Waals surface area (Å²) in [6.07, 6.45) is 14.7. The highest BCUT2D eigenvalue weighted by molar-refractivity contribution is 4.74. The summed E-state index contributed by atoms with van der Waals surface area (Å²) in [7, 11) is 0. The minimum atomic E-state index is 0.428. The van der Waals surface area contributed by atoms with Crippen molar-refractivity contribution in [3.8, 4) is 0 Å². The maximum atomic E-state index is 5.95. The number of nitrogens with one attached hydrogen (secondary N) is 1. The molecular weight excluding hydrogens is 236 g/mol. The van der Waals surface area contributed by atoms with Gasteiger partial charge in [0, 0.05) is 18.7 Å². The Morgan fingerprint density at radius 2 is 1.58 bits per heavy atom. The van der Waals surface area contributed by atoms with Gasteiger partial charge in [0.25, 0.3) is 0 Å². The molecule has 0 aliphatic heterocycles. The van der Waals surface area contributed by atoms with Crippen LogP contribution in [0.25, 0.3) is 0 Å². The van der Waals surface area contributed by atoms with Crippen LogP contribution in [0.2, 0.25) is 0 Å². The van der Waals surface area contributed by atoms with Gasteiger partial charge in [-0.3, -0.25) is 0 Å². The molecule has 112 valence electrons. The fraction of sp³-hybridized carbons (Fsp3) is 1.00. The van der Waals surface area contributed by atoms with Crippen LogP contribution in [0.1, 0.15) is 70.6 Å². The highest BCUT2D eigenvalue weighted by atomic mass is 16.5. The van der Waals surface area contributed by atoms with Crippen molar-refractivity contribution in [3.63, 3.8) is 0 Å². The first-order valence-electron chi connectivity index (χ1n) is 8.45. The SMILES string of the molecule is NC1CCC(OCCCNC2CCCCCC2)CC1. The summed E-state index contributed by atoms with van der Waals surface area (Å²) in [6.45, 7) is 2.04. The van der Waals surface area contributed by atoms with Gasteiger partial charge in [-0.1, -0.05) is 25.7 Å². The van der Waals surface area contributed by atoms with Gasteiger partial charge >= 0.3 is 0 Å². The summed E-state index contributed by atoms with van der Waals surface area (Å²) in [5.74, 6) is 0. The van der Waals surface area contributed by atoms with Crippen molar-refractivity contribution in [2.45, 2.75) is 88.8 Å². The summed E-state index contributed by atoms with van der Waals surface area (Å²) in [4.78, 5) is 0. The molecule has 0 radical (unpaired) electrons. The normalized spacial score (nSPS) is 30.2. The predicted molar refractivity (Wildman–Crippen MR) is 80.3 cm³/mol. The Kier molecular flexibility index (Phi) is 7.18. The van der Waals surface area contributed by atoms with Gasteiger partial charge < -0.3 is 15.8 Å².